The third-order valence-electron chi connectivity index (χ3n) is 5.46. The number of aliphatic hydroxyl groups is 1. The Labute approximate surface area is 143 Å². The van der Waals surface area contributed by atoms with Crippen LogP contribution in [0.4, 0.5) is 0 Å². The highest BCUT2D eigenvalue weighted by Crippen LogP contribution is 2.62. The molecule has 0 bridgehead atoms. The molecule has 0 aromatic carbocycles. The van der Waals surface area contributed by atoms with E-state index in [9.17, 15) is 14.7 Å². The van der Waals surface area contributed by atoms with Crippen LogP contribution in [0.2, 0.25) is 0 Å². The molecule has 0 radical (unpaired) electrons. The molecule has 2 rings (SSSR count). The van der Waals surface area contributed by atoms with Crippen molar-refractivity contribution in [3.63, 3.8) is 0 Å². The normalized spacial score (nSPS) is 28.5. The maximum atomic E-state index is 12.3. The van der Waals surface area contributed by atoms with Crippen LogP contribution in [0, 0.1) is 28.6 Å². The maximum Gasteiger partial charge on any atom is 0.324 e. The Balaban J connectivity index is 2.21. The molecule has 2 saturated carbocycles. The lowest BCUT2D eigenvalue weighted by Crippen LogP contribution is -2.40. The molecule has 0 amide bonds. The van der Waals surface area contributed by atoms with Gasteiger partial charge in [-0.15, -0.1) is 11.8 Å². The SMILES string of the molecule is CC#CCC(C/C=C/[C@]12C[C@H]1CCC[C@H]2O)(C(=O)OC)C(=O)OC. The molecule has 5 heteroatoms. The van der Waals surface area contributed by atoms with Crippen molar-refractivity contribution in [3.8, 4) is 11.8 Å². The van der Waals surface area contributed by atoms with Crippen LogP contribution < -0.4 is 0 Å². The minimum atomic E-state index is -1.45. The van der Waals surface area contributed by atoms with Gasteiger partial charge in [0.1, 0.15) is 0 Å². The fourth-order valence-corrected chi connectivity index (χ4v) is 3.86. The Bertz CT molecular complexity index is 566. The Kier molecular flexibility index (Phi) is 5.71. The second-order valence-corrected chi connectivity index (χ2v) is 6.74. The van der Waals surface area contributed by atoms with Gasteiger partial charge in [-0.25, -0.2) is 0 Å². The number of carbonyl (C=O) groups excluding carboxylic acids is 2. The summed E-state index contributed by atoms with van der Waals surface area (Å²) in [5, 5.41) is 10.3. The highest BCUT2D eigenvalue weighted by molar-refractivity contribution is 6.00. The molecule has 0 aliphatic heterocycles. The minimum Gasteiger partial charge on any atom is -0.468 e. The van der Waals surface area contributed by atoms with Gasteiger partial charge in [0.05, 0.1) is 20.3 Å². The lowest BCUT2D eigenvalue weighted by Gasteiger charge is -2.27. The van der Waals surface area contributed by atoms with Gasteiger partial charge in [0.2, 0.25) is 0 Å². The van der Waals surface area contributed by atoms with Gasteiger partial charge in [0.15, 0.2) is 5.41 Å². The van der Waals surface area contributed by atoms with Crippen LogP contribution in [-0.2, 0) is 19.1 Å². The molecule has 3 atom stereocenters. The van der Waals surface area contributed by atoms with Gasteiger partial charge < -0.3 is 14.6 Å². The van der Waals surface area contributed by atoms with Gasteiger partial charge in [-0.2, -0.15) is 0 Å². The number of hydrogen-bond acceptors (Lipinski definition) is 5. The number of carbonyl (C=O) groups is 2. The third kappa shape index (κ3) is 3.21. The van der Waals surface area contributed by atoms with Crippen molar-refractivity contribution in [1.82, 2.24) is 0 Å². The van der Waals surface area contributed by atoms with Crippen LogP contribution in [0.15, 0.2) is 12.2 Å². The smallest absolute Gasteiger partial charge is 0.324 e. The number of hydrogen-bond donors (Lipinski definition) is 1. The Morgan fingerprint density at radius 2 is 1.96 bits per heavy atom. The molecular formula is C19H26O5. The summed E-state index contributed by atoms with van der Waals surface area (Å²) in [5.41, 5.74) is -1.63. The zero-order valence-electron chi connectivity index (χ0n) is 14.6. The highest BCUT2D eigenvalue weighted by atomic mass is 16.5. The first-order valence-electron chi connectivity index (χ1n) is 8.39. The van der Waals surface area contributed by atoms with Gasteiger partial charge in [0.25, 0.3) is 0 Å². The van der Waals surface area contributed by atoms with E-state index >= 15 is 0 Å². The van der Waals surface area contributed by atoms with E-state index in [0.717, 1.165) is 25.7 Å². The Morgan fingerprint density at radius 1 is 1.29 bits per heavy atom. The second-order valence-electron chi connectivity index (χ2n) is 6.74. The van der Waals surface area contributed by atoms with E-state index in [1.807, 2.05) is 12.2 Å². The van der Waals surface area contributed by atoms with E-state index in [0.29, 0.717) is 5.92 Å². The first-order chi connectivity index (χ1) is 11.5. The first kappa shape index (κ1) is 18.5. The summed E-state index contributed by atoms with van der Waals surface area (Å²) in [4.78, 5) is 24.6. The Morgan fingerprint density at radius 3 is 2.50 bits per heavy atom. The molecule has 24 heavy (non-hydrogen) atoms. The molecule has 0 aromatic rings. The van der Waals surface area contributed by atoms with E-state index in [2.05, 4.69) is 11.8 Å². The average molecular weight is 334 g/mol. The van der Waals surface area contributed by atoms with Crippen molar-refractivity contribution < 1.29 is 24.2 Å². The molecule has 0 unspecified atom stereocenters. The van der Waals surface area contributed by atoms with Crippen LogP contribution >= 0.6 is 0 Å². The summed E-state index contributed by atoms with van der Waals surface area (Å²) in [6.45, 7) is 1.65. The molecule has 2 aliphatic carbocycles. The number of ether oxygens (including phenoxy) is 2. The first-order valence-corrected chi connectivity index (χ1v) is 8.39. The van der Waals surface area contributed by atoms with Crippen LogP contribution in [-0.4, -0.2) is 37.4 Å². The largest absolute Gasteiger partial charge is 0.468 e. The molecule has 0 spiro atoms. The molecule has 0 saturated heterocycles. The van der Waals surface area contributed by atoms with Crippen LogP contribution in [0.25, 0.3) is 0 Å². The number of esters is 2. The van der Waals surface area contributed by atoms with Crippen molar-refractivity contribution >= 4 is 11.9 Å². The number of fused-ring (bicyclic) bond motifs is 1. The fraction of sp³-hybridized carbons (Fsp3) is 0.684. The van der Waals surface area contributed by atoms with Crippen molar-refractivity contribution in [2.24, 2.45) is 16.7 Å². The van der Waals surface area contributed by atoms with Gasteiger partial charge >= 0.3 is 11.9 Å². The van der Waals surface area contributed by atoms with Crippen molar-refractivity contribution in [1.29, 1.82) is 0 Å². The van der Waals surface area contributed by atoms with E-state index in [1.54, 1.807) is 6.92 Å². The maximum absolute atomic E-state index is 12.3. The average Bonchev–Trinajstić information content (AvgIpc) is 3.32. The molecule has 2 fully saturated rings. The minimum absolute atomic E-state index is 0.0478. The lowest BCUT2D eigenvalue weighted by molar-refractivity contribution is -0.168. The summed E-state index contributed by atoms with van der Waals surface area (Å²) in [6, 6.07) is 0. The van der Waals surface area contributed by atoms with Crippen LogP contribution in [0.3, 0.4) is 0 Å². The number of aliphatic hydroxyl groups excluding tert-OH is 1. The summed E-state index contributed by atoms with van der Waals surface area (Å²) in [7, 11) is 2.51. The van der Waals surface area contributed by atoms with Gasteiger partial charge in [0, 0.05) is 11.8 Å². The number of allylic oxidation sites excluding steroid dienone is 1. The standard InChI is InChI=1S/C19H26O5/c1-4-5-10-18(16(21)23-2,17(22)24-3)11-7-12-19-13-14(19)8-6-9-15(19)20/h7,12,14-15,20H,6,8-11,13H2,1-3H3/b12-7+/t14-,15-,19+/m1/s1. The summed E-state index contributed by atoms with van der Waals surface area (Å²) in [5.74, 6) is 4.74. The van der Waals surface area contributed by atoms with E-state index in [4.69, 9.17) is 9.47 Å². The van der Waals surface area contributed by atoms with Gasteiger partial charge in [-0.05, 0) is 38.5 Å². The highest BCUT2D eigenvalue weighted by Gasteiger charge is 2.58. The van der Waals surface area contributed by atoms with Crippen molar-refractivity contribution in [2.75, 3.05) is 14.2 Å². The molecule has 2 aliphatic rings. The summed E-state index contributed by atoms with van der Waals surface area (Å²) >= 11 is 0. The number of methoxy groups -OCH3 is 2. The zero-order valence-corrected chi connectivity index (χ0v) is 14.6. The summed E-state index contributed by atoms with van der Waals surface area (Å²) in [6.07, 6.45) is 7.64. The molecule has 0 aromatic heterocycles. The summed E-state index contributed by atoms with van der Waals surface area (Å²) < 4.78 is 9.69. The van der Waals surface area contributed by atoms with E-state index in [-0.39, 0.29) is 24.4 Å². The third-order valence-corrected chi connectivity index (χ3v) is 5.46. The molecule has 1 N–H and O–H groups in total. The van der Waals surface area contributed by atoms with Gasteiger partial charge in [-0.3, -0.25) is 9.59 Å². The molecular weight excluding hydrogens is 308 g/mol. The molecule has 5 nitrogen and oxygen atoms in total. The van der Waals surface area contributed by atoms with E-state index < -0.39 is 17.4 Å². The van der Waals surface area contributed by atoms with Crippen LogP contribution in [0.5, 0.6) is 0 Å². The zero-order chi connectivity index (χ0) is 17.8. The second kappa shape index (κ2) is 7.40. The monoisotopic (exact) mass is 334 g/mol. The predicted octanol–water partition coefficient (Wildman–Crippen LogP) is 2.23. The molecule has 0 heterocycles. The number of rotatable bonds is 6. The van der Waals surface area contributed by atoms with Crippen molar-refractivity contribution in [3.05, 3.63) is 12.2 Å². The van der Waals surface area contributed by atoms with Gasteiger partial charge in [-0.1, -0.05) is 18.6 Å². The lowest BCUT2D eigenvalue weighted by atomic mass is 9.79. The molecule has 132 valence electrons. The predicted molar refractivity (Wildman–Crippen MR) is 88.7 cm³/mol. The van der Waals surface area contributed by atoms with Crippen molar-refractivity contribution in [2.45, 2.75) is 51.6 Å². The fourth-order valence-electron chi connectivity index (χ4n) is 3.86. The van der Waals surface area contributed by atoms with E-state index in [1.165, 1.54) is 14.2 Å². The quantitative estimate of drug-likeness (QED) is 0.349. The van der Waals surface area contributed by atoms with Crippen LogP contribution in [0.1, 0.15) is 45.4 Å². The topological polar surface area (TPSA) is 72.8 Å². The Hall–Kier alpha value is -1.80.